The Morgan fingerprint density at radius 1 is 1.50 bits per heavy atom. The van der Waals surface area contributed by atoms with E-state index in [4.69, 9.17) is 5.11 Å². The zero-order valence-electron chi connectivity index (χ0n) is 11.1. The zero-order chi connectivity index (χ0) is 13.3. The normalized spacial score (nSPS) is 24.0. The minimum Gasteiger partial charge on any atom is -0.392 e. The van der Waals surface area contributed by atoms with Crippen LogP contribution in [-0.4, -0.2) is 48.2 Å². The molecule has 1 aromatic heterocycles. The van der Waals surface area contributed by atoms with Gasteiger partial charge in [0.15, 0.2) is 11.6 Å². The average Bonchev–Trinajstić information content (AvgIpc) is 2.71. The zero-order valence-corrected chi connectivity index (χ0v) is 11.1. The van der Waals surface area contributed by atoms with E-state index in [1.165, 1.54) is 6.07 Å². The number of rotatable bonds is 3. The Bertz CT molecular complexity index is 425. The van der Waals surface area contributed by atoms with Crippen LogP contribution in [0.2, 0.25) is 0 Å². The highest BCUT2D eigenvalue weighted by Crippen LogP contribution is 2.27. The van der Waals surface area contributed by atoms with E-state index < -0.39 is 5.82 Å². The first-order valence-electron chi connectivity index (χ1n) is 6.20. The summed E-state index contributed by atoms with van der Waals surface area (Å²) >= 11 is 0. The summed E-state index contributed by atoms with van der Waals surface area (Å²) in [4.78, 5) is 8.25. The molecule has 1 fully saturated rings. The standard InChI is InChI=1S/C13H20FN3O/c1-9-6-17(7-11(9)16(2)3)13-12(14)10(8-18)4-5-15-13/h4-5,9,11,18H,6-8H2,1-3H3. The van der Waals surface area contributed by atoms with Crippen molar-refractivity contribution in [3.8, 4) is 0 Å². The number of pyridine rings is 1. The van der Waals surface area contributed by atoms with E-state index in [0.29, 0.717) is 23.3 Å². The number of hydrogen-bond acceptors (Lipinski definition) is 4. The molecule has 0 spiro atoms. The molecule has 0 saturated carbocycles. The van der Waals surface area contributed by atoms with Gasteiger partial charge in [0, 0.05) is 30.9 Å². The molecule has 1 aliphatic heterocycles. The molecule has 2 heterocycles. The Morgan fingerprint density at radius 3 is 2.78 bits per heavy atom. The molecule has 0 radical (unpaired) electrons. The van der Waals surface area contributed by atoms with Crippen LogP contribution in [0.3, 0.4) is 0 Å². The molecule has 2 rings (SSSR count). The Kier molecular flexibility index (Phi) is 3.82. The molecule has 18 heavy (non-hydrogen) atoms. The molecular formula is C13H20FN3O. The molecule has 1 N–H and O–H groups in total. The third-order valence-corrected chi connectivity index (χ3v) is 3.66. The second-order valence-electron chi connectivity index (χ2n) is 5.18. The Hall–Kier alpha value is -1.20. The van der Waals surface area contributed by atoms with E-state index >= 15 is 0 Å². The highest BCUT2D eigenvalue weighted by Gasteiger charge is 2.33. The van der Waals surface area contributed by atoms with Crippen molar-refractivity contribution in [2.75, 3.05) is 32.1 Å². The summed E-state index contributed by atoms with van der Waals surface area (Å²) in [6.07, 6.45) is 1.55. The third-order valence-electron chi connectivity index (χ3n) is 3.66. The minimum atomic E-state index is -0.397. The van der Waals surface area contributed by atoms with E-state index in [1.54, 1.807) is 6.20 Å². The fourth-order valence-corrected chi connectivity index (χ4v) is 2.61. The topological polar surface area (TPSA) is 39.6 Å². The molecule has 0 amide bonds. The van der Waals surface area contributed by atoms with Gasteiger partial charge in [-0.05, 0) is 26.1 Å². The summed E-state index contributed by atoms with van der Waals surface area (Å²) in [5, 5.41) is 9.08. The monoisotopic (exact) mass is 253 g/mol. The van der Waals surface area contributed by atoms with Gasteiger partial charge in [-0.1, -0.05) is 6.92 Å². The van der Waals surface area contributed by atoms with Crippen molar-refractivity contribution in [3.05, 3.63) is 23.6 Å². The molecule has 0 aromatic carbocycles. The number of aromatic nitrogens is 1. The predicted molar refractivity (Wildman–Crippen MR) is 69.0 cm³/mol. The van der Waals surface area contributed by atoms with E-state index in [9.17, 15) is 4.39 Å². The lowest BCUT2D eigenvalue weighted by Gasteiger charge is -2.23. The van der Waals surface area contributed by atoms with Crippen LogP contribution in [0.15, 0.2) is 12.3 Å². The van der Waals surface area contributed by atoms with Crippen molar-refractivity contribution in [1.29, 1.82) is 0 Å². The number of aliphatic hydroxyl groups is 1. The molecular weight excluding hydrogens is 233 g/mol. The van der Waals surface area contributed by atoms with Gasteiger partial charge in [-0.25, -0.2) is 9.37 Å². The first kappa shape index (κ1) is 13.2. The van der Waals surface area contributed by atoms with Gasteiger partial charge < -0.3 is 14.9 Å². The van der Waals surface area contributed by atoms with Gasteiger partial charge >= 0.3 is 0 Å². The lowest BCUT2D eigenvalue weighted by Crippen LogP contribution is -2.34. The summed E-state index contributed by atoms with van der Waals surface area (Å²) in [5.41, 5.74) is 0.306. The largest absolute Gasteiger partial charge is 0.392 e. The summed E-state index contributed by atoms with van der Waals surface area (Å²) < 4.78 is 14.1. The number of anilines is 1. The van der Waals surface area contributed by atoms with Crippen LogP contribution in [0.1, 0.15) is 12.5 Å². The molecule has 2 atom stereocenters. The van der Waals surface area contributed by atoms with Crippen molar-refractivity contribution in [1.82, 2.24) is 9.88 Å². The molecule has 4 nitrogen and oxygen atoms in total. The van der Waals surface area contributed by atoms with Gasteiger partial charge in [-0.2, -0.15) is 0 Å². The van der Waals surface area contributed by atoms with Crippen LogP contribution < -0.4 is 4.90 Å². The minimum absolute atomic E-state index is 0.290. The molecule has 1 saturated heterocycles. The third kappa shape index (κ3) is 2.33. The molecule has 2 unspecified atom stereocenters. The molecule has 100 valence electrons. The molecule has 5 heteroatoms. The maximum absolute atomic E-state index is 14.1. The van der Waals surface area contributed by atoms with Gasteiger partial charge in [-0.3, -0.25) is 0 Å². The second-order valence-corrected chi connectivity index (χ2v) is 5.18. The van der Waals surface area contributed by atoms with Crippen molar-refractivity contribution in [2.24, 2.45) is 5.92 Å². The predicted octanol–water partition coefficient (Wildman–Crippen LogP) is 1.10. The van der Waals surface area contributed by atoms with Crippen LogP contribution in [0, 0.1) is 11.7 Å². The lowest BCUT2D eigenvalue weighted by molar-refractivity contribution is 0.266. The van der Waals surface area contributed by atoms with Crippen LogP contribution in [-0.2, 0) is 6.61 Å². The summed E-state index contributed by atoms with van der Waals surface area (Å²) in [6.45, 7) is 3.44. The van der Waals surface area contributed by atoms with Gasteiger partial charge in [0.25, 0.3) is 0 Å². The smallest absolute Gasteiger partial charge is 0.171 e. The lowest BCUT2D eigenvalue weighted by atomic mass is 10.1. The molecule has 1 aromatic rings. The van der Waals surface area contributed by atoms with E-state index in [-0.39, 0.29) is 6.61 Å². The number of likely N-dealkylation sites (N-methyl/N-ethyl adjacent to an activating group) is 1. The van der Waals surface area contributed by atoms with Crippen molar-refractivity contribution < 1.29 is 9.50 Å². The maximum Gasteiger partial charge on any atom is 0.171 e. The quantitative estimate of drug-likeness (QED) is 0.875. The number of hydrogen-bond donors (Lipinski definition) is 1. The van der Waals surface area contributed by atoms with Crippen LogP contribution in [0.5, 0.6) is 0 Å². The van der Waals surface area contributed by atoms with Crippen LogP contribution in [0.25, 0.3) is 0 Å². The molecule has 1 aliphatic rings. The highest BCUT2D eigenvalue weighted by molar-refractivity contribution is 5.44. The fourth-order valence-electron chi connectivity index (χ4n) is 2.61. The van der Waals surface area contributed by atoms with E-state index in [2.05, 4.69) is 16.8 Å². The number of aliphatic hydroxyl groups excluding tert-OH is 1. The van der Waals surface area contributed by atoms with Gasteiger partial charge in [0.05, 0.1) is 6.61 Å². The Balaban J connectivity index is 2.24. The highest BCUT2D eigenvalue weighted by atomic mass is 19.1. The van der Waals surface area contributed by atoms with E-state index in [1.807, 2.05) is 19.0 Å². The van der Waals surface area contributed by atoms with Crippen LogP contribution in [0.4, 0.5) is 10.2 Å². The van der Waals surface area contributed by atoms with Crippen molar-refractivity contribution >= 4 is 5.82 Å². The maximum atomic E-state index is 14.1. The summed E-state index contributed by atoms with van der Waals surface area (Å²) in [7, 11) is 4.08. The van der Waals surface area contributed by atoms with Gasteiger partial charge in [-0.15, -0.1) is 0 Å². The summed E-state index contributed by atoms with van der Waals surface area (Å²) in [6, 6.07) is 1.92. The van der Waals surface area contributed by atoms with E-state index in [0.717, 1.165) is 13.1 Å². The van der Waals surface area contributed by atoms with Gasteiger partial charge in [0.1, 0.15) is 0 Å². The average molecular weight is 253 g/mol. The van der Waals surface area contributed by atoms with Crippen molar-refractivity contribution in [3.63, 3.8) is 0 Å². The SMILES string of the molecule is CC1CN(c2nccc(CO)c2F)CC1N(C)C. The second kappa shape index (κ2) is 5.20. The first-order valence-corrected chi connectivity index (χ1v) is 6.20. The number of halogens is 1. The summed E-state index contributed by atoms with van der Waals surface area (Å²) in [5.74, 6) is 0.434. The molecule has 0 bridgehead atoms. The Morgan fingerprint density at radius 2 is 2.22 bits per heavy atom. The van der Waals surface area contributed by atoms with Crippen LogP contribution >= 0.6 is 0 Å². The number of nitrogens with zero attached hydrogens (tertiary/aromatic N) is 3. The fraction of sp³-hybridized carbons (Fsp3) is 0.615. The van der Waals surface area contributed by atoms with Crippen molar-refractivity contribution in [2.45, 2.75) is 19.6 Å². The van der Waals surface area contributed by atoms with Gasteiger partial charge in [0.2, 0.25) is 0 Å². The first-order chi connectivity index (χ1) is 8.54. The Labute approximate surface area is 107 Å². The molecule has 0 aliphatic carbocycles.